The molecule has 8 heteroatoms. The number of hydrogen-bond acceptors (Lipinski definition) is 6. The second-order valence-electron chi connectivity index (χ2n) is 8.52. The van der Waals surface area contributed by atoms with Crippen molar-refractivity contribution in [3.63, 3.8) is 0 Å². The zero-order chi connectivity index (χ0) is 23.6. The van der Waals surface area contributed by atoms with Crippen molar-refractivity contribution in [3.8, 4) is 0 Å². The van der Waals surface area contributed by atoms with Gasteiger partial charge < -0.3 is 14.6 Å². The standard InChI is InChI=1S/C24H29N3O4S/c1-13(2)12-31-23(30)22-17(6)25-24(32-22)26-19(28)7-8-27-20(29)11-15(4)18-10-14(3)9-16(5)21(18)27/h9-11,13H,7-8,12H2,1-6H3,(H,25,26,28). The molecule has 2 aromatic heterocycles. The molecule has 1 aromatic carbocycles. The van der Waals surface area contributed by atoms with Crippen molar-refractivity contribution in [2.75, 3.05) is 11.9 Å². The van der Waals surface area contributed by atoms with Crippen LogP contribution in [0.15, 0.2) is 23.0 Å². The number of benzene rings is 1. The van der Waals surface area contributed by atoms with Crippen LogP contribution in [0.3, 0.4) is 0 Å². The lowest BCUT2D eigenvalue weighted by Crippen LogP contribution is -2.24. The molecule has 0 spiro atoms. The minimum absolute atomic E-state index is 0.108. The fourth-order valence-electron chi connectivity index (χ4n) is 3.63. The number of thiazole rings is 1. The van der Waals surface area contributed by atoms with Crippen molar-refractivity contribution < 1.29 is 14.3 Å². The molecule has 2 heterocycles. The van der Waals surface area contributed by atoms with Gasteiger partial charge in [-0.05, 0) is 50.8 Å². The predicted octanol–water partition coefficient (Wildman–Crippen LogP) is 4.53. The molecule has 7 nitrogen and oxygen atoms in total. The molecule has 0 saturated carbocycles. The number of nitrogens with one attached hydrogen (secondary N) is 1. The third-order valence-electron chi connectivity index (χ3n) is 5.08. The van der Waals surface area contributed by atoms with E-state index in [9.17, 15) is 14.4 Å². The van der Waals surface area contributed by atoms with Gasteiger partial charge in [-0.15, -0.1) is 0 Å². The van der Waals surface area contributed by atoms with Gasteiger partial charge in [-0.1, -0.05) is 36.8 Å². The Morgan fingerprint density at radius 3 is 2.53 bits per heavy atom. The van der Waals surface area contributed by atoms with E-state index in [1.807, 2.05) is 40.7 Å². The number of fused-ring (bicyclic) bond motifs is 1. The number of rotatable bonds is 7. The summed E-state index contributed by atoms with van der Waals surface area (Å²) in [5.41, 5.74) is 4.30. The molecule has 3 rings (SSSR count). The van der Waals surface area contributed by atoms with Crippen LogP contribution in [0, 0.1) is 33.6 Å². The van der Waals surface area contributed by atoms with E-state index in [0.29, 0.717) is 22.3 Å². The second kappa shape index (κ2) is 9.65. The van der Waals surface area contributed by atoms with Gasteiger partial charge in [-0.2, -0.15) is 0 Å². The number of carbonyl (C=O) groups is 2. The van der Waals surface area contributed by atoms with Gasteiger partial charge in [0.25, 0.3) is 5.56 Å². The number of aromatic nitrogens is 2. The average Bonchev–Trinajstić information content (AvgIpc) is 3.06. The van der Waals surface area contributed by atoms with Crippen LogP contribution in [-0.2, 0) is 16.1 Å². The summed E-state index contributed by atoms with van der Waals surface area (Å²) >= 11 is 1.09. The number of anilines is 1. The van der Waals surface area contributed by atoms with E-state index >= 15 is 0 Å². The third-order valence-corrected chi connectivity index (χ3v) is 6.14. The molecule has 170 valence electrons. The zero-order valence-corrected chi connectivity index (χ0v) is 20.2. The fourth-order valence-corrected chi connectivity index (χ4v) is 4.51. The Hall–Kier alpha value is -3.00. The van der Waals surface area contributed by atoms with Crippen LogP contribution in [0.25, 0.3) is 10.9 Å². The molecular weight excluding hydrogens is 426 g/mol. The maximum Gasteiger partial charge on any atom is 0.350 e. The molecule has 0 aliphatic rings. The summed E-state index contributed by atoms with van der Waals surface area (Å²) < 4.78 is 6.91. The highest BCUT2D eigenvalue weighted by molar-refractivity contribution is 7.17. The maximum atomic E-state index is 12.7. The highest BCUT2D eigenvalue weighted by atomic mass is 32.1. The average molecular weight is 456 g/mol. The van der Waals surface area contributed by atoms with Crippen LogP contribution in [0.4, 0.5) is 5.13 Å². The lowest BCUT2D eigenvalue weighted by Gasteiger charge is -2.15. The third kappa shape index (κ3) is 5.24. The summed E-state index contributed by atoms with van der Waals surface area (Å²) in [4.78, 5) is 42.1. The van der Waals surface area contributed by atoms with E-state index in [2.05, 4.69) is 16.4 Å². The van der Waals surface area contributed by atoms with Crippen LogP contribution in [0.2, 0.25) is 0 Å². The monoisotopic (exact) mass is 455 g/mol. The number of hydrogen-bond donors (Lipinski definition) is 1. The van der Waals surface area contributed by atoms with Gasteiger partial charge in [0.2, 0.25) is 5.91 Å². The summed E-state index contributed by atoms with van der Waals surface area (Å²) in [6, 6.07) is 5.71. The van der Waals surface area contributed by atoms with Crippen molar-refractivity contribution in [3.05, 3.63) is 55.8 Å². The van der Waals surface area contributed by atoms with E-state index in [-0.39, 0.29) is 30.3 Å². The van der Waals surface area contributed by atoms with Gasteiger partial charge in [0.1, 0.15) is 4.88 Å². The minimum Gasteiger partial charge on any atom is -0.461 e. The molecule has 0 bridgehead atoms. The van der Waals surface area contributed by atoms with E-state index in [4.69, 9.17) is 4.74 Å². The number of aryl methyl sites for hydroxylation is 5. The molecular formula is C24H29N3O4S. The first-order valence-corrected chi connectivity index (χ1v) is 11.4. The van der Waals surface area contributed by atoms with Crippen molar-refractivity contribution in [2.45, 2.75) is 54.5 Å². The Kier molecular flexibility index (Phi) is 7.13. The molecule has 0 atom stereocenters. The summed E-state index contributed by atoms with van der Waals surface area (Å²) in [6.07, 6.45) is 0.108. The Morgan fingerprint density at radius 1 is 1.12 bits per heavy atom. The Morgan fingerprint density at radius 2 is 1.84 bits per heavy atom. The second-order valence-corrected chi connectivity index (χ2v) is 9.52. The van der Waals surface area contributed by atoms with E-state index < -0.39 is 5.97 Å². The normalized spacial score (nSPS) is 11.2. The maximum absolute atomic E-state index is 12.7. The van der Waals surface area contributed by atoms with E-state index in [0.717, 1.165) is 38.9 Å². The van der Waals surface area contributed by atoms with Crippen molar-refractivity contribution in [2.24, 2.45) is 5.92 Å². The fraction of sp³-hybridized carbons (Fsp3) is 0.417. The summed E-state index contributed by atoms with van der Waals surface area (Å²) in [7, 11) is 0. The zero-order valence-electron chi connectivity index (χ0n) is 19.4. The molecule has 0 unspecified atom stereocenters. The van der Waals surface area contributed by atoms with Gasteiger partial charge in [0, 0.05) is 24.4 Å². The summed E-state index contributed by atoms with van der Waals surface area (Å²) in [5.74, 6) is -0.468. The summed E-state index contributed by atoms with van der Waals surface area (Å²) in [5, 5.41) is 4.10. The topological polar surface area (TPSA) is 90.3 Å². The first-order valence-electron chi connectivity index (χ1n) is 10.6. The first kappa shape index (κ1) is 23.7. The largest absolute Gasteiger partial charge is 0.461 e. The number of carbonyl (C=O) groups excluding carboxylic acids is 2. The molecule has 0 aliphatic heterocycles. The predicted molar refractivity (Wildman–Crippen MR) is 128 cm³/mol. The van der Waals surface area contributed by atoms with E-state index in [1.54, 1.807) is 17.6 Å². The number of ether oxygens (including phenoxy) is 1. The lowest BCUT2D eigenvalue weighted by molar-refractivity contribution is -0.116. The van der Waals surface area contributed by atoms with Crippen LogP contribution < -0.4 is 10.9 Å². The number of pyridine rings is 1. The van der Waals surface area contributed by atoms with Gasteiger partial charge in [-0.3, -0.25) is 9.59 Å². The number of amides is 1. The van der Waals surface area contributed by atoms with Crippen LogP contribution in [0.5, 0.6) is 0 Å². The molecule has 1 amide bonds. The first-order chi connectivity index (χ1) is 15.1. The van der Waals surface area contributed by atoms with Crippen molar-refractivity contribution >= 4 is 39.2 Å². The SMILES string of the molecule is Cc1cc(C)c2c(c1)c(C)cc(=O)n2CCC(=O)Nc1nc(C)c(C(=O)OCC(C)C)s1. The molecule has 0 aliphatic carbocycles. The van der Waals surface area contributed by atoms with Crippen molar-refractivity contribution in [1.29, 1.82) is 0 Å². The van der Waals surface area contributed by atoms with Gasteiger partial charge >= 0.3 is 5.97 Å². The molecule has 32 heavy (non-hydrogen) atoms. The Bertz CT molecular complexity index is 1240. The molecule has 0 radical (unpaired) electrons. The number of esters is 1. The quantitative estimate of drug-likeness (QED) is 0.529. The Labute approximate surface area is 191 Å². The highest BCUT2D eigenvalue weighted by Gasteiger charge is 2.19. The summed E-state index contributed by atoms with van der Waals surface area (Å²) in [6.45, 7) is 12.1. The van der Waals surface area contributed by atoms with Crippen molar-refractivity contribution in [1.82, 2.24) is 9.55 Å². The molecule has 0 saturated heterocycles. The molecule has 0 fully saturated rings. The molecule has 1 N–H and O–H groups in total. The smallest absolute Gasteiger partial charge is 0.350 e. The minimum atomic E-state index is -0.433. The van der Waals surface area contributed by atoms with Gasteiger partial charge in [0.05, 0.1) is 17.8 Å². The van der Waals surface area contributed by atoms with Crippen LogP contribution >= 0.6 is 11.3 Å². The Balaban J connectivity index is 1.74. The van der Waals surface area contributed by atoms with E-state index in [1.165, 1.54) is 0 Å². The van der Waals surface area contributed by atoms with Gasteiger partial charge in [-0.25, -0.2) is 9.78 Å². The van der Waals surface area contributed by atoms with Crippen LogP contribution in [0.1, 0.15) is 52.3 Å². The number of nitrogens with zero attached hydrogens (tertiary/aromatic N) is 2. The van der Waals surface area contributed by atoms with Crippen LogP contribution in [-0.4, -0.2) is 28.0 Å². The highest BCUT2D eigenvalue weighted by Crippen LogP contribution is 2.25. The van der Waals surface area contributed by atoms with Gasteiger partial charge in [0.15, 0.2) is 5.13 Å². The lowest BCUT2D eigenvalue weighted by atomic mass is 10.0. The molecule has 3 aromatic rings.